The van der Waals surface area contributed by atoms with Gasteiger partial charge in [-0.15, -0.1) is 20.4 Å². The number of aromatic nitrogens is 6. The van der Waals surface area contributed by atoms with Crippen LogP contribution >= 0.6 is 0 Å². The highest BCUT2D eigenvalue weighted by atomic mass is 16.4. The minimum atomic E-state index is 0.438. The van der Waals surface area contributed by atoms with E-state index in [0.717, 1.165) is 33.2 Å². The molecule has 0 aliphatic heterocycles. The highest BCUT2D eigenvalue weighted by molar-refractivity contribution is 6.08. The largest absolute Gasteiger partial charge is 0.419 e. The molecule has 0 saturated heterocycles. The summed E-state index contributed by atoms with van der Waals surface area (Å²) in [6.45, 7) is 0.937. The van der Waals surface area contributed by atoms with Crippen LogP contribution < -0.4 is 0 Å². The van der Waals surface area contributed by atoms with Gasteiger partial charge in [0, 0.05) is 54.7 Å². The maximum Gasteiger partial charge on any atom is 0.247 e. The van der Waals surface area contributed by atoms with Gasteiger partial charge in [0.2, 0.25) is 23.6 Å². The molecule has 44 heavy (non-hydrogen) atoms. The first-order valence-electron chi connectivity index (χ1n) is 14.5. The summed E-state index contributed by atoms with van der Waals surface area (Å²) >= 11 is 0. The number of fused-ring (bicyclic) bond motifs is 6. The normalized spacial score (nSPS) is 11.8. The molecule has 0 radical (unpaired) electrons. The summed E-state index contributed by atoms with van der Waals surface area (Å²) in [7, 11) is 0. The Balaban J connectivity index is 1.01. The molecule has 0 N–H and O–H groups in total. The third-order valence-corrected chi connectivity index (χ3v) is 8.24. The Labute approximate surface area is 250 Å². The maximum atomic E-state index is 6.18. The molecule has 210 valence electrons. The van der Waals surface area contributed by atoms with Crippen LogP contribution in [0.3, 0.4) is 0 Å². The summed E-state index contributed by atoms with van der Waals surface area (Å²) in [5.41, 5.74) is 6.08. The van der Waals surface area contributed by atoms with Crippen molar-refractivity contribution in [2.45, 2.75) is 13.1 Å². The van der Waals surface area contributed by atoms with Crippen LogP contribution in [0, 0.1) is 0 Å². The third-order valence-electron chi connectivity index (χ3n) is 8.24. The number of hydrogen-bond donors (Lipinski definition) is 0. The van der Waals surface area contributed by atoms with Crippen molar-refractivity contribution in [3.8, 4) is 22.9 Å². The van der Waals surface area contributed by atoms with Gasteiger partial charge in [-0.25, -0.2) is 0 Å². The van der Waals surface area contributed by atoms with Crippen LogP contribution in [0.2, 0.25) is 0 Å². The first-order valence-corrected chi connectivity index (χ1v) is 14.5. The van der Waals surface area contributed by atoms with E-state index in [1.165, 1.54) is 21.5 Å². The molecule has 4 aromatic heterocycles. The number of hydrogen-bond acceptors (Lipinski definition) is 6. The first kappa shape index (κ1) is 24.6. The zero-order valence-corrected chi connectivity index (χ0v) is 23.5. The summed E-state index contributed by atoms with van der Waals surface area (Å²) in [6.07, 6.45) is 0. The molecule has 9 aromatic rings. The van der Waals surface area contributed by atoms with Crippen LogP contribution in [0.25, 0.3) is 66.5 Å². The molecule has 0 aliphatic rings. The quantitative estimate of drug-likeness (QED) is 0.200. The van der Waals surface area contributed by atoms with Crippen molar-refractivity contribution < 1.29 is 8.83 Å². The van der Waals surface area contributed by atoms with Crippen molar-refractivity contribution in [2.75, 3.05) is 0 Å². The Kier molecular flexibility index (Phi) is 5.46. The van der Waals surface area contributed by atoms with Crippen molar-refractivity contribution in [2.24, 2.45) is 0 Å². The second kappa shape index (κ2) is 9.78. The second-order valence-corrected chi connectivity index (χ2v) is 10.8. The number of para-hydroxylation sites is 4. The van der Waals surface area contributed by atoms with Gasteiger partial charge in [-0.2, -0.15) is 0 Å². The Bertz CT molecular complexity index is 2200. The first-order chi connectivity index (χ1) is 21.8. The summed E-state index contributed by atoms with van der Waals surface area (Å²) in [5.74, 6) is 1.94. The molecule has 0 unspecified atom stereocenters. The molecule has 9 rings (SSSR count). The van der Waals surface area contributed by atoms with Crippen molar-refractivity contribution in [1.29, 1.82) is 0 Å². The molecule has 0 fully saturated rings. The van der Waals surface area contributed by atoms with E-state index >= 15 is 0 Å². The highest BCUT2D eigenvalue weighted by Gasteiger charge is 2.17. The van der Waals surface area contributed by atoms with E-state index in [-0.39, 0.29) is 0 Å². The van der Waals surface area contributed by atoms with E-state index in [1.807, 2.05) is 48.5 Å². The lowest BCUT2D eigenvalue weighted by Gasteiger charge is -2.04. The van der Waals surface area contributed by atoms with E-state index in [9.17, 15) is 0 Å². The van der Waals surface area contributed by atoms with Gasteiger partial charge in [0.05, 0.1) is 0 Å². The molecular formula is C36H24N6O2. The van der Waals surface area contributed by atoms with E-state index in [4.69, 9.17) is 8.83 Å². The van der Waals surface area contributed by atoms with Crippen molar-refractivity contribution in [3.63, 3.8) is 0 Å². The van der Waals surface area contributed by atoms with Gasteiger partial charge in [0.15, 0.2) is 0 Å². The molecule has 0 aliphatic carbocycles. The molecule has 0 bridgehead atoms. The van der Waals surface area contributed by atoms with E-state index in [2.05, 4.69) is 102 Å². The molecule has 5 aromatic carbocycles. The third kappa shape index (κ3) is 3.92. The highest BCUT2D eigenvalue weighted by Crippen LogP contribution is 2.32. The molecule has 0 atom stereocenters. The van der Waals surface area contributed by atoms with Crippen LogP contribution in [0.4, 0.5) is 0 Å². The number of rotatable bonds is 6. The van der Waals surface area contributed by atoms with Crippen LogP contribution in [0.5, 0.6) is 0 Å². The fourth-order valence-corrected chi connectivity index (χ4v) is 6.27. The fourth-order valence-electron chi connectivity index (χ4n) is 6.27. The minimum Gasteiger partial charge on any atom is -0.419 e. The maximum absolute atomic E-state index is 6.18. The summed E-state index contributed by atoms with van der Waals surface area (Å²) in [6, 6.07) is 41.3. The molecule has 0 spiro atoms. The zero-order valence-electron chi connectivity index (χ0n) is 23.5. The van der Waals surface area contributed by atoms with Crippen LogP contribution in [0.1, 0.15) is 11.8 Å². The standard InChI is InChI=1S/C36H24N6O2/c1-5-16-29-25(12-1)26-13-2-6-17-30(26)41(29)21-33-37-39-35(43-33)23-10-9-11-24(20-23)36-40-38-34(44-36)22-42-31-18-7-3-14-27(31)28-15-4-8-19-32(28)42/h1-20H,21-22H2. The average molecular weight is 573 g/mol. The lowest BCUT2D eigenvalue weighted by Crippen LogP contribution is -1.99. The smallest absolute Gasteiger partial charge is 0.247 e. The molecule has 8 nitrogen and oxygen atoms in total. The molecular weight excluding hydrogens is 548 g/mol. The van der Waals surface area contributed by atoms with Crippen LogP contribution in [-0.4, -0.2) is 29.5 Å². The average Bonchev–Trinajstić information content (AvgIpc) is 3.88. The van der Waals surface area contributed by atoms with Crippen molar-refractivity contribution in [3.05, 3.63) is 133 Å². The Morgan fingerprint density at radius 2 is 0.773 bits per heavy atom. The SMILES string of the molecule is c1cc(-c2nnc(Cn3c4ccccc4c4ccccc43)o2)cc(-c2nnc(Cn3c4ccccc4c4ccccc43)o2)c1. The molecule has 0 saturated carbocycles. The number of benzene rings is 5. The van der Waals surface area contributed by atoms with Gasteiger partial charge in [0.1, 0.15) is 13.1 Å². The minimum absolute atomic E-state index is 0.438. The van der Waals surface area contributed by atoms with E-state index < -0.39 is 0 Å². The number of nitrogens with zero attached hydrogens (tertiary/aromatic N) is 6. The topological polar surface area (TPSA) is 87.7 Å². The van der Waals surface area contributed by atoms with Gasteiger partial charge in [-0.1, -0.05) is 78.9 Å². The van der Waals surface area contributed by atoms with Gasteiger partial charge in [-0.05, 0) is 42.5 Å². The van der Waals surface area contributed by atoms with Crippen LogP contribution in [-0.2, 0) is 13.1 Å². The van der Waals surface area contributed by atoms with E-state index in [0.29, 0.717) is 36.7 Å². The zero-order chi connectivity index (χ0) is 29.0. The van der Waals surface area contributed by atoms with Gasteiger partial charge in [0.25, 0.3) is 0 Å². The summed E-state index contributed by atoms with van der Waals surface area (Å²) < 4.78 is 16.8. The van der Waals surface area contributed by atoms with Gasteiger partial charge in [-0.3, -0.25) is 0 Å². The fraction of sp³-hybridized carbons (Fsp3) is 0.0556. The Hall–Kier alpha value is -6.02. The van der Waals surface area contributed by atoms with Gasteiger partial charge < -0.3 is 18.0 Å². The molecule has 8 heteroatoms. The molecule has 4 heterocycles. The summed E-state index contributed by atoms with van der Waals surface area (Å²) in [5, 5.41) is 22.3. The second-order valence-electron chi connectivity index (χ2n) is 10.8. The van der Waals surface area contributed by atoms with Crippen molar-refractivity contribution >= 4 is 43.6 Å². The predicted octanol–water partition coefficient (Wildman–Crippen LogP) is 8.10. The monoisotopic (exact) mass is 572 g/mol. The van der Waals surface area contributed by atoms with Crippen molar-refractivity contribution in [1.82, 2.24) is 29.5 Å². The van der Waals surface area contributed by atoms with Gasteiger partial charge >= 0.3 is 0 Å². The van der Waals surface area contributed by atoms with Crippen LogP contribution in [0.15, 0.2) is 130 Å². The predicted molar refractivity (Wildman–Crippen MR) is 170 cm³/mol. The lowest BCUT2D eigenvalue weighted by atomic mass is 10.1. The Morgan fingerprint density at radius 1 is 0.409 bits per heavy atom. The summed E-state index contributed by atoms with van der Waals surface area (Å²) in [4.78, 5) is 0. The lowest BCUT2D eigenvalue weighted by molar-refractivity contribution is 0.493. The van der Waals surface area contributed by atoms with E-state index in [1.54, 1.807) is 0 Å². The molecule has 0 amide bonds. The Morgan fingerprint density at radius 3 is 1.16 bits per heavy atom.